The Hall–Kier alpha value is -1.47. The van der Waals surface area contributed by atoms with Crippen LogP contribution in [0.4, 0.5) is 0 Å². The van der Waals surface area contributed by atoms with Gasteiger partial charge in [-0.2, -0.15) is 0 Å². The lowest BCUT2D eigenvalue weighted by atomic mass is 9.88. The van der Waals surface area contributed by atoms with Crippen molar-refractivity contribution in [2.75, 3.05) is 6.54 Å². The van der Waals surface area contributed by atoms with Gasteiger partial charge < -0.3 is 5.11 Å². The van der Waals surface area contributed by atoms with E-state index >= 15 is 0 Å². The second-order valence-electron chi connectivity index (χ2n) is 4.23. The number of carboxylic acids is 1. The van der Waals surface area contributed by atoms with Crippen LogP contribution >= 0.6 is 0 Å². The lowest BCUT2D eigenvalue weighted by Crippen LogP contribution is -2.40. The van der Waals surface area contributed by atoms with E-state index in [9.17, 15) is 13.2 Å². The van der Waals surface area contributed by atoms with E-state index in [2.05, 4.69) is 9.71 Å². The third kappa shape index (κ3) is 3.27. The average Bonchev–Trinajstić information content (AvgIpc) is 2.37. The molecule has 100 valence electrons. The first-order chi connectivity index (χ1) is 8.32. The molecule has 18 heavy (non-hydrogen) atoms. The molecule has 0 fully saturated rings. The number of carbonyl (C=O) groups is 1. The standard InChI is InChI=1S/C11H16N2O4S/c1-3-11(2,10(14)15)8-13-18(16,17)9-5-4-6-12-7-9/h4-7,13H,3,8H2,1-2H3,(H,14,15). The third-order valence-electron chi connectivity index (χ3n) is 2.89. The molecule has 0 bridgehead atoms. The van der Waals surface area contributed by atoms with Gasteiger partial charge in [0, 0.05) is 18.9 Å². The summed E-state index contributed by atoms with van der Waals surface area (Å²) in [4.78, 5) is 14.8. The van der Waals surface area contributed by atoms with Crippen LogP contribution in [0.5, 0.6) is 0 Å². The smallest absolute Gasteiger partial charge is 0.310 e. The van der Waals surface area contributed by atoms with Gasteiger partial charge in [-0.15, -0.1) is 0 Å². The van der Waals surface area contributed by atoms with E-state index in [-0.39, 0.29) is 11.4 Å². The zero-order valence-corrected chi connectivity index (χ0v) is 11.1. The van der Waals surface area contributed by atoms with Crippen molar-refractivity contribution in [3.63, 3.8) is 0 Å². The molecular weight excluding hydrogens is 256 g/mol. The highest BCUT2D eigenvalue weighted by Crippen LogP contribution is 2.21. The van der Waals surface area contributed by atoms with Gasteiger partial charge in [0.25, 0.3) is 0 Å². The van der Waals surface area contributed by atoms with Crippen LogP contribution in [0.2, 0.25) is 0 Å². The highest BCUT2D eigenvalue weighted by Gasteiger charge is 2.32. The van der Waals surface area contributed by atoms with Crippen LogP contribution in [-0.2, 0) is 14.8 Å². The minimum Gasteiger partial charge on any atom is -0.481 e. The van der Waals surface area contributed by atoms with E-state index in [0.717, 1.165) is 0 Å². The number of nitrogens with one attached hydrogen (secondary N) is 1. The molecular formula is C11H16N2O4S. The Morgan fingerprint density at radius 2 is 2.22 bits per heavy atom. The monoisotopic (exact) mass is 272 g/mol. The van der Waals surface area contributed by atoms with Gasteiger partial charge in [-0.3, -0.25) is 9.78 Å². The van der Waals surface area contributed by atoms with Gasteiger partial charge in [0.05, 0.1) is 5.41 Å². The van der Waals surface area contributed by atoms with E-state index < -0.39 is 21.4 Å². The third-order valence-corrected chi connectivity index (χ3v) is 4.28. The summed E-state index contributed by atoms with van der Waals surface area (Å²) in [7, 11) is -3.71. The molecule has 7 heteroatoms. The van der Waals surface area contributed by atoms with E-state index in [1.54, 1.807) is 6.92 Å². The number of rotatable bonds is 6. The fraction of sp³-hybridized carbons (Fsp3) is 0.455. The zero-order valence-electron chi connectivity index (χ0n) is 10.3. The van der Waals surface area contributed by atoms with Crippen LogP contribution in [-0.4, -0.2) is 31.0 Å². The molecule has 2 N–H and O–H groups in total. The molecule has 0 aliphatic rings. The Kier molecular flexibility index (Phi) is 4.42. The molecule has 0 aromatic carbocycles. The Morgan fingerprint density at radius 1 is 1.56 bits per heavy atom. The van der Waals surface area contributed by atoms with Gasteiger partial charge in [-0.1, -0.05) is 6.92 Å². The first-order valence-corrected chi connectivity index (χ1v) is 6.93. The molecule has 0 aliphatic heterocycles. The molecule has 1 aromatic heterocycles. The Balaban J connectivity index is 2.83. The van der Waals surface area contributed by atoms with Crippen molar-refractivity contribution in [1.29, 1.82) is 0 Å². The van der Waals surface area contributed by atoms with Crippen molar-refractivity contribution in [1.82, 2.24) is 9.71 Å². The summed E-state index contributed by atoms with van der Waals surface area (Å²) in [6.45, 7) is 3.05. The molecule has 0 spiro atoms. The predicted octanol–water partition coefficient (Wildman–Crippen LogP) is 0.861. The van der Waals surface area contributed by atoms with Crippen molar-refractivity contribution in [2.24, 2.45) is 5.41 Å². The minimum absolute atomic E-state index is 0.0221. The fourth-order valence-electron chi connectivity index (χ4n) is 1.20. The van der Waals surface area contributed by atoms with Crippen LogP contribution in [0, 0.1) is 5.41 Å². The van der Waals surface area contributed by atoms with Crippen LogP contribution in [0.3, 0.4) is 0 Å². The highest BCUT2D eigenvalue weighted by molar-refractivity contribution is 7.89. The average molecular weight is 272 g/mol. The van der Waals surface area contributed by atoms with E-state index in [1.807, 2.05) is 0 Å². The Labute approximate surface area is 106 Å². The van der Waals surface area contributed by atoms with Crippen molar-refractivity contribution >= 4 is 16.0 Å². The topological polar surface area (TPSA) is 96.4 Å². The number of sulfonamides is 1. The van der Waals surface area contributed by atoms with Gasteiger partial charge in [0.15, 0.2) is 0 Å². The summed E-state index contributed by atoms with van der Waals surface area (Å²) in [6, 6.07) is 2.91. The summed E-state index contributed by atoms with van der Waals surface area (Å²) in [5.41, 5.74) is -1.12. The number of nitrogens with zero attached hydrogens (tertiary/aromatic N) is 1. The molecule has 0 radical (unpaired) electrons. The maximum absolute atomic E-state index is 11.9. The van der Waals surface area contributed by atoms with Gasteiger partial charge >= 0.3 is 5.97 Å². The van der Waals surface area contributed by atoms with Gasteiger partial charge in [0.1, 0.15) is 4.90 Å². The normalized spacial score (nSPS) is 15.0. The minimum atomic E-state index is -3.71. The molecule has 1 atom stereocenters. The number of aliphatic carboxylic acids is 1. The summed E-state index contributed by atoms with van der Waals surface area (Å²) in [6.07, 6.45) is 3.01. The van der Waals surface area contributed by atoms with Crippen LogP contribution < -0.4 is 4.72 Å². The van der Waals surface area contributed by atoms with Crippen molar-refractivity contribution < 1.29 is 18.3 Å². The largest absolute Gasteiger partial charge is 0.481 e. The molecule has 0 saturated heterocycles. The Morgan fingerprint density at radius 3 is 2.67 bits per heavy atom. The molecule has 0 saturated carbocycles. The number of carboxylic acid groups (broad SMARTS) is 1. The molecule has 1 unspecified atom stereocenters. The number of hydrogen-bond donors (Lipinski definition) is 2. The molecule has 1 aromatic rings. The Bertz CT molecular complexity index is 515. The zero-order chi connectivity index (χ0) is 13.8. The number of pyridine rings is 1. The van der Waals surface area contributed by atoms with Crippen molar-refractivity contribution in [3.8, 4) is 0 Å². The van der Waals surface area contributed by atoms with E-state index in [0.29, 0.717) is 6.42 Å². The second kappa shape index (κ2) is 5.45. The molecule has 1 heterocycles. The summed E-state index contributed by atoms with van der Waals surface area (Å²) in [5, 5.41) is 9.05. The van der Waals surface area contributed by atoms with Gasteiger partial charge in [-0.05, 0) is 25.5 Å². The maximum Gasteiger partial charge on any atom is 0.310 e. The molecule has 1 rings (SSSR count). The van der Waals surface area contributed by atoms with E-state index in [1.165, 1.54) is 31.5 Å². The summed E-state index contributed by atoms with van der Waals surface area (Å²) < 4.78 is 26.0. The predicted molar refractivity (Wildman–Crippen MR) is 65.5 cm³/mol. The van der Waals surface area contributed by atoms with Crippen LogP contribution in [0.1, 0.15) is 20.3 Å². The molecule has 0 amide bonds. The quantitative estimate of drug-likeness (QED) is 0.800. The van der Waals surface area contributed by atoms with Gasteiger partial charge in [-0.25, -0.2) is 13.1 Å². The lowest BCUT2D eigenvalue weighted by molar-refractivity contribution is -0.147. The number of aromatic nitrogens is 1. The SMILES string of the molecule is CCC(C)(CNS(=O)(=O)c1cccnc1)C(=O)O. The highest BCUT2D eigenvalue weighted by atomic mass is 32.2. The molecule has 6 nitrogen and oxygen atoms in total. The summed E-state index contributed by atoms with van der Waals surface area (Å²) >= 11 is 0. The van der Waals surface area contributed by atoms with Crippen molar-refractivity contribution in [2.45, 2.75) is 25.2 Å². The van der Waals surface area contributed by atoms with E-state index in [4.69, 9.17) is 5.11 Å². The fourth-order valence-corrected chi connectivity index (χ4v) is 2.33. The van der Waals surface area contributed by atoms with Crippen LogP contribution in [0.25, 0.3) is 0 Å². The first-order valence-electron chi connectivity index (χ1n) is 5.45. The maximum atomic E-state index is 11.9. The summed E-state index contributed by atoms with van der Waals surface area (Å²) in [5.74, 6) is -1.03. The van der Waals surface area contributed by atoms with Gasteiger partial charge in [0.2, 0.25) is 10.0 Å². The van der Waals surface area contributed by atoms with Crippen molar-refractivity contribution in [3.05, 3.63) is 24.5 Å². The number of hydrogen-bond acceptors (Lipinski definition) is 4. The van der Waals surface area contributed by atoms with Crippen LogP contribution in [0.15, 0.2) is 29.4 Å². The first kappa shape index (κ1) is 14.6. The second-order valence-corrected chi connectivity index (χ2v) is 6.00. The molecule has 0 aliphatic carbocycles. The lowest BCUT2D eigenvalue weighted by Gasteiger charge is -2.23.